The zero-order valence-electron chi connectivity index (χ0n) is 22.8. The fourth-order valence-corrected chi connectivity index (χ4v) is 7.34. The maximum absolute atomic E-state index is 15.6. The lowest BCUT2D eigenvalue weighted by Crippen LogP contribution is -2.21. The zero-order valence-corrected chi connectivity index (χ0v) is 22.8. The molecule has 6 heteroatoms. The van der Waals surface area contributed by atoms with Gasteiger partial charge in [-0.2, -0.15) is 0 Å². The van der Waals surface area contributed by atoms with Crippen molar-refractivity contribution in [3.8, 4) is 16.9 Å². The second-order valence-electron chi connectivity index (χ2n) is 12.5. The van der Waals surface area contributed by atoms with Gasteiger partial charge in [-0.15, -0.1) is 0 Å². The van der Waals surface area contributed by atoms with Crippen LogP contribution in [-0.4, -0.2) is 16.1 Å². The Labute approximate surface area is 228 Å². The molecule has 39 heavy (non-hydrogen) atoms. The number of pyridine rings is 1. The minimum Gasteiger partial charge on any atom is -0.489 e. The first kappa shape index (κ1) is 26.0. The molecule has 0 unspecified atom stereocenters. The highest BCUT2D eigenvalue weighted by atomic mass is 19.1. The summed E-state index contributed by atoms with van der Waals surface area (Å²) in [5.41, 5.74) is 5.02. The van der Waals surface area contributed by atoms with Crippen LogP contribution in [0.4, 0.5) is 8.78 Å². The SMILES string of the molecule is Cc1cc(-c2cc(F)c(COc3ccc4c(c3)[C@]3(CCC4)C[C@H]3C(=O)O)cc2[C@@H]2CCCC2(C)C)c(F)cn1. The number of carboxylic acid groups (broad SMARTS) is 1. The molecule has 0 bridgehead atoms. The van der Waals surface area contributed by atoms with Gasteiger partial charge in [0.2, 0.25) is 0 Å². The van der Waals surface area contributed by atoms with Gasteiger partial charge >= 0.3 is 5.97 Å². The Morgan fingerprint density at radius 1 is 1.08 bits per heavy atom. The summed E-state index contributed by atoms with van der Waals surface area (Å²) in [5.74, 6) is -1.17. The summed E-state index contributed by atoms with van der Waals surface area (Å²) in [6, 6.07) is 10.9. The average molecular weight is 532 g/mol. The predicted octanol–water partition coefficient (Wildman–Crippen LogP) is 7.89. The molecule has 1 N–H and O–H groups in total. The van der Waals surface area contributed by atoms with E-state index in [0.717, 1.165) is 49.7 Å². The molecule has 3 atom stereocenters. The van der Waals surface area contributed by atoms with Gasteiger partial charge in [-0.05, 0) is 109 Å². The molecule has 0 amide bonds. The number of carbonyl (C=O) groups is 1. The molecule has 6 rings (SSSR count). The third-order valence-corrected chi connectivity index (χ3v) is 9.59. The summed E-state index contributed by atoms with van der Waals surface area (Å²) >= 11 is 0. The fraction of sp³-hybridized carbons (Fsp3) is 0.455. The van der Waals surface area contributed by atoms with Gasteiger partial charge in [-0.3, -0.25) is 9.78 Å². The summed E-state index contributed by atoms with van der Waals surface area (Å²) < 4.78 is 36.7. The van der Waals surface area contributed by atoms with Gasteiger partial charge < -0.3 is 9.84 Å². The van der Waals surface area contributed by atoms with Crippen LogP contribution >= 0.6 is 0 Å². The lowest BCUT2D eigenvalue weighted by Gasteiger charge is -2.30. The van der Waals surface area contributed by atoms with Crippen molar-refractivity contribution in [3.63, 3.8) is 0 Å². The molecule has 3 aliphatic carbocycles. The lowest BCUT2D eigenvalue weighted by molar-refractivity contribution is -0.139. The summed E-state index contributed by atoms with van der Waals surface area (Å²) in [7, 11) is 0. The number of aromatic nitrogens is 1. The third kappa shape index (κ3) is 4.52. The highest BCUT2D eigenvalue weighted by molar-refractivity contribution is 5.78. The summed E-state index contributed by atoms with van der Waals surface area (Å²) in [6.45, 7) is 6.31. The lowest BCUT2D eigenvalue weighted by atomic mass is 9.75. The molecular weight excluding hydrogens is 496 g/mol. The number of hydrogen-bond acceptors (Lipinski definition) is 3. The highest BCUT2D eigenvalue weighted by Crippen LogP contribution is 2.61. The normalized spacial score (nSPS) is 24.9. The number of benzene rings is 2. The van der Waals surface area contributed by atoms with Crippen molar-refractivity contribution in [1.82, 2.24) is 4.98 Å². The number of fused-ring (bicyclic) bond motifs is 2. The van der Waals surface area contributed by atoms with Gasteiger partial charge in [0.15, 0.2) is 0 Å². The number of carboxylic acids is 1. The van der Waals surface area contributed by atoms with Crippen molar-refractivity contribution in [1.29, 1.82) is 0 Å². The molecule has 1 aromatic heterocycles. The Balaban J connectivity index is 1.34. The Morgan fingerprint density at radius 2 is 1.90 bits per heavy atom. The number of nitrogens with zero attached hydrogens (tertiary/aromatic N) is 1. The predicted molar refractivity (Wildman–Crippen MR) is 146 cm³/mol. The molecular formula is C33H35F2NO3. The van der Waals surface area contributed by atoms with Crippen molar-refractivity contribution in [3.05, 3.63) is 82.2 Å². The molecule has 3 aromatic rings. The van der Waals surface area contributed by atoms with Crippen LogP contribution in [0.2, 0.25) is 0 Å². The average Bonchev–Trinajstić information content (AvgIpc) is 3.51. The van der Waals surface area contributed by atoms with Gasteiger partial charge in [0, 0.05) is 22.2 Å². The second-order valence-corrected chi connectivity index (χ2v) is 12.5. The first-order valence-electron chi connectivity index (χ1n) is 14.0. The van der Waals surface area contributed by atoms with Crippen molar-refractivity contribution in [2.45, 2.75) is 83.7 Å². The number of halogens is 2. The quantitative estimate of drug-likeness (QED) is 0.351. The van der Waals surface area contributed by atoms with E-state index < -0.39 is 17.6 Å². The fourth-order valence-electron chi connectivity index (χ4n) is 7.34. The van der Waals surface area contributed by atoms with Crippen LogP contribution in [0.1, 0.15) is 86.2 Å². The Morgan fingerprint density at radius 3 is 2.62 bits per heavy atom. The standard InChI is InChI=1S/C33H35F2NO3/c1-19-12-25(30(35)17-36-19)23-15-29(34)21(13-24(23)26-7-5-10-32(26,2)3)18-39-22-9-8-20-6-4-11-33(27(20)14-22)16-28(33)31(37)38/h8-9,12-15,17,26,28H,4-7,10-11,16,18H2,1-3H3,(H,37,38)/t26-,28-,33-/m0/s1. The van der Waals surface area contributed by atoms with Gasteiger partial charge in [0.05, 0.1) is 12.1 Å². The third-order valence-electron chi connectivity index (χ3n) is 9.59. The van der Waals surface area contributed by atoms with Crippen LogP contribution < -0.4 is 4.74 Å². The van der Waals surface area contributed by atoms with Crippen molar-refractivity contribution in [2.24, 2.45) is 11.3 Å². The van der Waals surface area contributed by atoms with E-state index in [-0.39, 0.29) is 29.3 Å². The van der Waals surface area contributed by atoms with Crippen molar-refractivity contribution >= 4 is 5.97 Å². The van der Waals surface area contributed by atoms with E-state index in [2.05, 4.69) is 18.8 Å². The van der Waals surface area contributed by atoms with Crippen LogP contribution in [0.5, 0.6) is 5.75 Å². The van der Waals surface area contributed by atoms with E-state index in [1.165, 1.54) is 17.8 Å². The molecule has 0 radical (unpaired) electrons. The minimum atomic E-state index is -0.737. The summed E-state index contributed by atoms with van der Waals surface area (Å²) in [4.78, 5) is 15.8. The highest BCUT2D eigenvalue weighted by Gasteiger charge is 2.60. The van der Waals surface area contributed by atoms with E-state index in [1.54, 1.807) is 6.07 Å². The molecule has 2 fully saturated rings. The summed E-state index contributed by atoms with van der Waals surface area (Å²) in [5, 5.41) is 9.64. The molecule has 1 heterocycles. The van der Waals surface area contributed by atoms with Crippen LogP contribution in [0.15, 0.2) is 42.6 Å². The number of aryl methyl sites for hydroxylation is 2. The van der Waals surface area contributed by atoms with Crippen molar-refractivity contribution < 1.29 is 23.4 Å². The first-order chi connectivity index (χ1) is 18.6. The Hall–Kier alpha value is -3.28. The van der Waals surface area contributed by atoms with Gasteiger partial charge in [-0.25, -0.2) is 8.78 Å². The van der Waals surface area contributed by atoms with E-state index in [0.29, 0.717) is 34.6 Å². The molecule has 3 aliphatic rings. The second kappa shape index (κ2) is 9.42. The van der Waals surface area contributed by atoms with Crippen LogP contribution in [-0.2, 0) is 23.2 Å². The van der Waals surface area contributed by atoms with E-state index in [1.807, 2.05) is 31.2 Å². The Kier molecular flexibility index (Phi) is 6.28. The number of hydrogen-bond donors (Lipinski definition) is 1. The molecule has 2 aromatic carbocycles. The van der Waals surface area contributed by atoms with Crippen LogP contribution in [0.3, 0.4) is 0 Å². The smallest absolute Gasteiger partial charge is 0.307 e. The van der Waals surface area contributed by atoms with Crippen molar-refractivity contribution in [2.75, 3.05) is 0 Å². The topological polar surface area (TPSA) is 59.4 Å². The molecule has 204 valence electrons. The minimum absolute atomic E-state index is 0.0149. The van der Waals surface area contributed by atoms with E-state index in [9.17, 15) is 14.3 Å². The van der Waals surface area contributed by atoms with E-state index in [4.69, 9.17) is 4.74 Å². The van der Waals surface area contributed by atoms with Gasteiger partial charge in [0.1, 0.15) is 24.0 Å². The Bertz CT molecular complexity index is 1470. The van der Waals surface area contributed by atoms with E-state index >= 15 is 4.39 Å². The number of aliphatic carboxylic acids is 1. The van der Waals surface area contributed by atoms with Crippen LogP contribution in [0.25, 0.3) is 11.1 Å². The summed E-state index contributed by atoms with van der Waals surface area (Å²) in [6.07, 6.45) is 7.79. The molecule has 4 nitrogen and oxygen atoms in total. The number of rotatable bonds is 6. The zero-order chi connectivity index (χ0) is 27.5. The number of ether oxygens (including phenoxy) is 1. The largest absolute Gasteiger partial charge is 0.489 e. The monoisotopic (exact) mass is 531 g/mol. The molecule has 0 saturated heterocycles. The maximum Gasteiger partial charge on any atom is 0.307 e. The van der Waals surface area contributed by atoms with Crippen LogP contribution in [0, 0.1) is 29.9 Å². The van der Waals surface area contributed by atoms with Gasteiger partial charge in [0.25, 0.3) is 0 Å². The van der Waals surface area contributed by atoms with Gasteiger partial charge in [-0.1, -0.05) is 26.3 Å². The molecule has 2 saturated carbocycles. The maximum atomic E-state index is 15.6. The molecule has 0 aliphatic heterocycles. The first-order valence-corrected chi connectivity index (χ1v) is 14.0. The molecule has 1 spiro atoms.